The summed E-state index contributed by atoms with van der Waals surface area (Å²) in [5, 5.41) is 0. The molecule has 2 heteroatoms. The molecule has 0 unspecified atom stereocenters. The highest BCUT2D eigenvalue weighted by atomic mass is 127. The van der Waals surface area contributed by atoms with Gasteiger partial charge >= 0.3 is 0 Å². The molecule has 0 aliphatic heterocycles. The summed E-state index contributed by atoms with van der Waals surface area (Å²) >= 11 is 2.57. The van der Waals surface area contributed by atoms with E-state index in [1.165, 1.54) is 117 Å². The largest absolute Gasteiger partial charge is 0.0845 e. The zero-order valence-corrected chi connectivity index (χ0v) is 47.7. The maximum absolute atomic E-state index is 2.57. The van der Waals surface area contributed by atoms with Crippen LogP contribution in [0.15, 0.2) is 127 Å². The third kappa shape index (κ3) is 10.4. The predicted octanol–water partition coefficient (Wildman–Crippen LogP) is 22.3. The van der Waals surface area contributed by atoms with Crippen molar-refractivity contribution in [3.8, 4) is 66.8 Å². The first kappa shape index (κ1) is 52.4. The van der Waals surface area contributed by atoms with E-state index >= 15 is 0 Å². The third-order valence-corrected chi connectivity index (χ3v) is 15.9. The molecule has 0 aliphatic carbocycles. The summed E-state index contributed by atoms with van der Waals surface area (Å²) in [7, 11) is 1.91. The average molecular weight is 1040 g/mol. The molecule has 0 N–H and O–H groups in total. The Bertz CT molecular complexity index is 2460. The first-order valence-electron chi connectivity index (χ1n) is 26.1. The number of hydrogen-bond donors (Lipinski definition) is 0. The monoisotopic (exact) mass is 1040 g/mol. The molecule has 0 fully saturated rings. The average Bonchev–Trinajstić information content (AvgIpc) is 3.32. The molecule has 0 saturated heterocycles. The van der Waals surface area contributed by atoms with Gasteiger partial charge in [-0.1, -0.05) is 247 Å². The van der Waals surface area contributed by atoms with Crippen molar-refractivity contribution < 1.29 is 0 Å². The molecular weight excluding hydrogens is 964 g/mol. The zero-order chi connectivity index (χ0) is 50.0. The molecule has 0 aliphatic rings. The quantitative estimate of drug-likeness (QED) is 0.0869. The van der Waals surface area contributed by atoms with E-state index in [-0.39, 0.29) is 0 Å². The van der Waals surface area contributed by atoms with E-state index in [1.54, 1.807) is 0 Å². The van der Waals surface area contributed by atoms with E-state index in [2.05, 4.69) is 259 Å². The Morgan fingerprint density at radius 2 is 0.435 bits per heavy atom. The minimum atomic E-state index is 0.349. The van der Waals surface area contributed by atoms with Gasteiger partial charge in [-0.2, -0.15) is 0 Å². The molecule has 0 spiro atoms. The Morgan fingerprint density at radius 1 is 0.261 bits per heavy atom. The molecule has 7 rings (SSSR count). The van der Waals surface area contributed by atoms with Gasteiger partial charge in [-0.3, -0.25) is 0 Å². The van der Waals surface area contributed by atoms with Crippen LogP contribution >= 0.6 is 30.1 Å². The second-order valence-electron chi connectivity index (χ2n) is 22.0. The fourth-order valence-electron chi connectivity index (χ4n) is 11.2. The topological polar surface area (TPSA) is 0 Å². The molecule has 0 heterocycles. The molecule has 0 amide bonds. The highest BCUT2D eigenvalue weighted by Crippen LogP contribution is 2.54. The minimum Gasteiger partial charge on any atom is -0.0845 e. The first-order chi connectivity index (χ1) is 32.9. The van der Waals surface area contributed by atoms with Gasteiger partial charge in [0.05, 0.1) is 0 Å². The van der Waals surface area contributed by atoms with Crippen LogP contribution in [0.4, 0.5) is 0 Å². The molecular formula is C67H79IS. The molecule has 0 aromatic heterocycles. The Balaban J connectivity index is 1.77. The summed E-state index contributed by atoms with van der Waals surface area (Å²) in [6, 6.07) is 50.1. The van der Waals surface area contributed by atoms with Crippen LogP contribution in [0.3, 0.4) is 0 Å². The van der Waals surface area contributed by atoms with E-state index in [1.807, 2.05) is 8.93 Å². The molecule has 7 aromatic carbocycles. The van der Waals surface area contributed by atoms with Crippen LogP contribution in [-0.4, -0.2) is 0 Å². The Hall–Kier alpha value is -4.38. The van der Waals surface area contributed by atoms with Gasteiger partial charge < -0.3 is 0 Å². The van der Waals surface area contributed by atoms with Crippen molar-refractivity contribution in [3.63, 3.8) is 0 Å². The minimum absolute atomic E-state index is 0.349. The smallest absolute Gasteiger partial charge is 0.0297 e. The van der Waals surface area contributed by atoms with Crippen molar-refractivity contribution in [1.29, 1.82) is 0 Å². The van der Waals surface area contributed by atoms with Crippen LogP contribution in [0.1, 0.15) is 208 Å². The molecule has 0 radical (unpaired) electrons. The van der Waals surface area contributed by atoms with Crippen molar-refractivity contribution in [3.05, 3.63) is 177 Å². The summed E-state index contributed by atoms with van der Waals surface area (Å²) in [5.41, 5.74) is 28.9. The Kier molecular flexibility index (Phi) is 17.0. The third-order valence-electron chi connectivity index (χ3n) is 14.6. The number of halogens is 1. The van der Waals surface area contributed by atoms with Crippen LogP contribution in [0.2, 0.25) is 0 Å². The van der Waals surface area contributed by atoms with Crippen molar-refractivity contribution in [2.45, 2.75) is 164 Å². The van der Waals surface area contributed by atoms with Crippen LogP contribution in [-0.2, 0) is 5.75 Å². The van der Waals surface area contributed by atoms with Crippen molar-refractivity contribution in [1.82, 2.24) is 0 Å². The second-order valence-corrected chi connectivity index (χ2v) is 24.4. The molecule has 0 nitrogen and oxygen atoms in total. The Morgan fingerprint density at radius 3 is 0.609 bits per heavy atom. The van der Waals surface area contributed by atoms with Gasteiger partial charge in [0.1, 0.15) is 0 Å². The molecule has 360 valence electrons. The van der Waals surface area contributed by atoms with Gasteiger partial charge in [0.15, 0.2) is 0 Å². The van der Waals surface area contributed by atoms with Gasteiger partial charge in [0.2, 0.25) is 0 Å². The fourth-order valence-corrected chi connectivity index (χ4v) is 12.6. The SMILES string of the molecule is CC(C)c1cccc(C(C)C)c1-c1cccc(-c2c(C(C)C)cccc2C(C)C)c1-c1cccc(-c2c(-c3c(C(C)C)cccc3C(C)C)cccc2-c2c(C(C)C)cccc2C(C)C)c1CSI. The summed E-state index contributed by atoms with van der Waals surface area (Å²) in [5.74, 6) is 3.64. The lowest BCUT2D eigenvalue weighted by atomic mass is 9.75. The second kappa shape index (κ2) is 22.4. The summed E-state index contributed by atoms with van der Waals surface area (Å²) < 4.78 is 0. The van der Waals surface area contributed by atoms with Crippen LogP contribution < -0.4 is 0 Å². The lowest BCUT2D eigenvalue weighted by Crippen LogP contribution is -2.06. The van der Waals surface area contributed by atoms with Crippen LogP contribution in [0, 0.1) is 0 Å². The maximum atomic E-state index is 2.57. The summed E-state index contributed by atoms with van der Waals surface area (Å²) in [6.07, 6.45) is 0. The number of hydrogen-bond acceptors (Lipinski definition) is 1. The van der Waals surface area contributed by atoms with Crippen LogP contribution in [0.25, 0.3) is 66.8 Å². The van der Waals surface area contributed by atoms with Crippen molar-refractivity contribution >= 4 is 30.1 Å². The zero-order valence-electron chi connectivity index (χ0n) is 44.7. The standard InChI is InChI=1S/C67H79IS/c1-39(2)47-24-17-25-48(40(3)4)62(47)57-34-22-35-58(63-49(41(5)6)26-18-27-50(63)42(7)8)66(57)55-32-21-33-56(61(55)38-69-68)67-59(64-51(43(9)10)28-19-29-52(64)44(11)12)36-23-37-60(67)65-53(45(13)14)30-20-31-54(65)46(15)16/h17-37,39-46H,38H2,1-16H3. The maximum Gasteiger partial charge on any atom is 0.0297 e. The van der Waals surface area contributed by atoms with E-state index in [0.29, 0.717) is 47.3 Å². The highest BCUT2D eigenvalue weighted by Gasteiger charge is 2.30. The van der Waals surface area contributed by atoms with E-state index in [4.69, 9.17) is 0 Å². The lowest BCUT2D eigenvalue weighted by molar-refractivity contribution is 0.837. The molecule has 0 saturated carbocycles. The van der Waals surface area contributed by atoms with Crippen molar-refractivity contribution in [2.75, 3.05) is 0 Å². The first-order valence-corrected chi connectivity index (χ1v) is 29.6. The van der Waals surface area contributed by atoms with E-state index < -0.39 is 0 Å². The molecule has 0 atom stereocenters. The summed E-state index contributed by atoms with van der Waals surface area (Å²) in [4.78, 5) is 0. The van der Waals surface area contributed by atoms with Gasteiger partial charge in [-0.15, -0.1) is 0 Å². The highest BCUT2D eigenvalue weighted by molar-refractivity contribution is 14.2. The van der Waals surface area contributed by atoms with Gasteiger partial charge in [-0.25, -0.2) is 0 Å². The Labute approximate surface area is 435 Å². The van der Waals surface area contributed by atoms with Gasteiger partial charge in [0.25, 0.3) is 0 Å². The van der Waals surface area contributed by atoms with E-state index in [0.717, 1.165) is 5.75 Å². The number of benzene rings is 7. The summed E-state index contributed by atoms with van der Waals surface area (Å²) in [6.45, 7) is 37.9. The number of rotatable bonds is 16. The van der Waals surface area contributed by atoms with Crippen LogP contribution in [0.5, 0.6) is 0 Å². The normalized spacial score (nSPS) is 12.1. The van der Waals surface area contributed by atoms with Gasteiger partial charge in [0, 0.05) is 5.75 Å². The van der Waals surface area contributed by atoms with E-state index in [9.17, 15) is 0 Å². The predicted molar refractivity (Wildman–Crippen MR) is 317 cm³/mol. The molecule has 0 bridgehead atoms. The van der Waals surface area contributed by atoms with Crippen molar-refractivity contribution in [2.24, 2.45) is 0 Å². The van der Waals surface area contributed by atoms with Gasteiger partial charge in [-0.05, 0) is 185 Å². The lowest BCUT2D eigenvalue weighted by Gasteiger charge is -2.29. The molecule has 7 aromatic rings. The molecule has 69 heavy (non-hydrogen) atoms. The fraction of sp³-hybridized carbons (Fsp3) is 0.373.